The van der Waals surface area contributed by atoms with Gasteiger partial charge in [-0.05, 0) is 41.5 Å². The monoisotopic (exact) mass is 480 g/mol. The van der Waals surface area contributed by atoms with Gasteiger partial charge in [-0.15, -0.1) is 0 Å². The fourth-order valence-corrected chi connectivity index (χ4v) is 4.09. The van der Waals surface area contributed by atoms with Gasteiger partial charge in [-0.2, -0.15) is 5.26 Å². The van der Waals surface area contributed by atoms with E-state index in [9.17, 15) is 14.9 Å². The Morgan fingerprint density at radius 2 is 1.89 bits per heavy atom. The summed E-state index contributed by atoms with van der Waals surface area (Å²) in [6.45, 7) is 4.32. The zero-order valence-corrected chi connectivity index (χ0v) is 19.5. The molecule has 0 saturated heterocycles. The van der Waals surface area contributed by atoms with Crippen LogP contribution in [0.25, 0.3) is 34.2 Å². The van der Waals surface area contributed by atoms with Crippen molar-refractivity contribution in [2.24, 2.45) is 0 Å². The van der Waals surface area contributed by atoms with Crippen molar-refractivity contribution in [3.05, 3.63) is 79.5 Å². The molecule has 0 atom stereocenters. The average Bonchev–Trinajstić information content (AvgIpc) is 2.89. The van der Waals surface area contributed by atoms with Crippen molar-refractivity contribution >= 4 is 40.1 Å². The molecule has 3 aromatic heterocycles. The normalized spacial score (nSPS) is 11.0. The molecule has 10 heteroatoms. The van der Waals surface area contributed by atoms with E-state index in [1.54, 1.807) is 32.4 Å². The maximum Gasteiger partial charge on any atom is 0.266 e. The Morgan fingerprint density at radius 3 is 2.64 bits per heavy atom. The topological polar surface area (TPSA) is 132 Å². The molecule has 0 aliphatic carbocycles. The summed E-state index contributed by atoms with van der Waals surface area (Å²) in [4.78, 5) is 39.5. The summed E-state index contributed by atoms with van der Waals surface area (Å²) in [5.41, 5.74) is 0.175. The summed E-state index contributed by atoms with van der Waals surface area (Å²) in [6.07, 6.45) is 2.01. The Kier molecular flexibility index (Phi) is 5.66. The lowest BCUT2D eigenvalue weighted by Gasteiger charge is -2.11. The van der Waals surface area contributed by atoms with Crippen LogP contribution in [-0.2, 0) is 6.42 Å². The second kappa shape index (κ2) is 8.96. The third-order valence-corrected chi connectivity index (χ3v) is 5.87. The van der Waals surface area contributed by atoms with Crippen LogP contribution in [0.4, 0.5) is 5.95 Å². The van der Waals surface area contributed by atoms with Gasteiger partial charge in [0.05, 0.1) is 36.8 Å². The van der Waals surface area contributed by atoms with Gasteiger partial charge in [0.1, 0.15) is 17.1 Å². The maximum absolute atomic E-state index is 13.3. The van der Waals surface area contributed by atoms with Crippen molar-refractivity contribution in [2.75, 3.05) is 26.1 Å². The van der Waals surface area contributed by atoms with Gasteiger partial charge >= 0.3 is 0 Å². The number of rotatable bonds is 6. The molecule has 178 valence electrons. The molecule has 5 aromatic rings. The number of hydrogen-bond donors (Lipinski definition) is 1. The molecule has 0 spiro atoms. The number of nitrogens with zero attached hydrogens (tertiary/aromatic N) is 5. The molecule has 10 nitrogen and oxygen atoms in total. The number of nitriles is 1. The van der Waals surface area contributed by atoms with Crippen molar-refractivity contribution in [2.45, 2.75) is 6.42 Å². The molecule has 0 radical (unpaired) electrons. The maximum atomic E-state index is 13.3. The van der Waals surface area contributed by atoms with E-state index in [0.29, 0.717) is 40.6 Å². The molecule has 0 aliphatic heterocycles. The number of nitrogens with one attached hydrogen (secondary N) is 1. The first-order chi connectivity index (χ1) is 17.4. The van der Waals surface area contributed by atoms with E-state index in [1.165, 1.54) is 10.6 Å². The van der Waals surface area contributed by atoms with Gasteiger partial charge in [0.2, 0.25) is 11.4 Å². The number of hydrogen-bond acceptors (Lipinski definition) is 9. The number of fused-ring (bicyclic) bond motifs is 4. The Balaban J connectivity index is 1.55. The average molecular weight is 480 g/mol. The first-order valence-electron chi connectivity index (χ1n) is 11.0. The highest BCUT2D eigenvalue weighted by atomic mass is 16.5. The van der Waals surface area contributed by atoms with Crippen molar-refractivity contribution in [3.8, 4) is 17.6 Å². The molecular formula is C26H20N6O4. The SMILES string of the molecule is C=c1ccc2nc3c(C#N)c(=O)c4nc(NCCc5ccc(OC)c(OC)c5)ncc4n3c(=O)c2c1. The summed E-state index contributed by atoms with van der Waals surface area (Å²) >= 11 is 0. The second-order valence-electron chi connectivity index (χ2n) is 8.04. The van der Waals surface area contributed by atoms with Crippen LogP contribution in [0.3, 0.4) is 0 Å². The minimum Gasteiger partial charge on any atom is -0.493 e. The molecule has 0 aliphatic rings. The van der Waals surface area contributed by atoms with Crippen LogP contribution in [0, 0.1) is 11.3 Å². The lowest BCUT2D eigenvalue weighted by atomic mass is 10.1. The molecule has 36 heavy (non-hydrogen) atoms. The number of anilines is 1. The Hall–Kier alpha value is -5.04. The number of aromatic nitrogens is 4. The fraction of sp³-hybridized carbons (Fsp3) is 0.154. The van der Waals surface area contributed by atoms with Crippen LogP contribution in [0.15, 0.2) is 52.2 Å². The van der Waals surface area contributed by atoms with Crippen LogP contribution < -0.4 is 31.0 Å². The summed E-state index contributed by atoms with van der Waals surface area (Å²) in [7, 11) is 3.15. The van der Waals surface area contributed by atoms with Gasteiger partial charge in [-0.1, -0.05) is 18.7 Å². The quantitative estimate of drug-likeness (QED) is 0.285. The van der Waals surface area contributed by atoms with Gasteiger partial charge in [-0.25, -0.2) is 15.0 Å². The lowest BCUT2D eigenvalue weighted by molar-refractivity contribution is 0.354. The molecule has 2 aromatic carbocycles. The molecular weight excluding hydrogens is 460 g/mol. The van der Waals surface area contributed by atoms with E-state index in [4.69, 9.17) is 9.47 Å². The Morgan fingerprint density at radius 1 is 1.08 bits per heavy atom. The van der Waals surface area contributed by atoms with Crippen LogP contribution >= 0.6 is 0 Å². The third-order valence-electron chi connectivity index (χ3n) is 5.87. The molecule has 0 unspecified atom stereocenters. The highest BCUT2D eigenvalue weighted by molar-refractivity contribution is 5.86. The number of benzene rings is 2. The standard InChI is InChI=1S/C26H20N6O4/c1-14-4-6-18-16(10-14)25(34)32-19-13-29-26(31-22(19)23(33)17(12-27)24(32)30-18)28-9-8-15-5-7-20(35-2)21(11-15)36-3/h4-7,10-11,13H,1,8-9H2,2-3H3,(H,28,29,31). The van der Waals surface area contributed by atoms with Gasteiger partial charge in [0.25, 0.3) is 5.56 Å². The van der Waals surface area contributed by atoms with Crippen LogP contribution in [0.1, 0.15) is 11.1 Å². The van der Waals surface area contributed by atoms with Crippen molar-refractivity contribution in [1.29, 1.82) is 5.26 Å². The minimum atomic E-state index is -0.613. The molecule has 3 heterocycles. The lowest BCUT2D eigenvalue weighted by Crippen LogP contribution is -2.24. The number of methoxy groups -OCH3 is 2. The molecule has 0 bridgehead atoms. The van der Waals surface area contributed by atoms with Crippen LogP contribution in [-0.4, -0.2) is 40.1 Å². The summed E-state index contributed by atoms with van der Waals surface area (Å²) in [5, 5.41) is 13.8. The molecule has 0 fully saturated rings. The van der Waals surface area contributed by atoms with E-state index < -0.39 is 11.0 Å². The van der Waals surface area contributed by atoms with E-state index in [-0.39, 0.29) is 28.2 Å². The molecule has 5 rings (SSSR count). The first kappa shape index (κ1) is 22.7. The van der Waals surface area contributed by atoms with E-state index >= 15 is 0 Å². The van der Waals surface area contributed by atoms with Crippen LogP contribution in [0.2, 0.25) is 0 Å². The summed E-state index contributed by atoms with van der Waals surface area (Å²) < 4.78 is 11.8. The largest absolute Gasteiger partial charge is 0.493 e. The molecule has 0 saturated carbocycles. The highest BCUT2D eigenvalue weighted by Gasteiger charge is 2.19. The fourth-order valence-electron chi connectivity index (χ4n) is 4.09. The predicted octanol–water partition coefficient (Wildman–Crippen LogP) is 1.82. The second-order valence-corrected chi connectivity index (χ2v) is 8.04. The predicted molar refractivity (Wildman–Crippen MR) is 136 cm³/mol. The van der Waals surface area contributed by atoms with Crippen molar-refractivity contribution < 1.29 is 9.47 Å². The van der Waals surface area contributed by atoms with E-state index in [0.717, 1.165) is 5.56 Å². The minimum absolute atomic E-state index is 0.0259. The summed E-state index contributed by atoms with van der Waals surface area (Å²) in [5.74, 6) is 1.46. The van der Waals surface area contributed by atoms with Gasteiger partial charge in [0, 0.05) is 6.54 Å². The Labute approximate surface area is 204 Å². The van der Waals surface area contributed by atoms with Gasteiger partial charge in [-0.3, -0.25) is 14.0 Å². The summed E-state index contributed by atoms with van der Waals surface area (Å²) in [6, 6.07) is 12.5. The molecule has 1 N–H and O–H groups in total. The van der Waals surface area contributed by atoms with Gasteiger partial charge < -0.3 is 14.8 Å². The van der Waals surface area contributed by atoms with Crippen molar-refractivity contribution in [3.63, 3.8) is 0 Å². The van der Waals surface area contributed by atoms with Crippen molar-refractivity contribution in [1.82, 2.24) is 19.4 Å². The highest BCUT2D eigenvalue weighted by Crippen LogP contribution is 2.27. The molecule has 0 amide bonds. The zero-order valence-electron chi connectivity index (χ0n) is 19.5. The smallest absolute Gasteiger partial charge is 0.266 e. The number of pyridine rings is 1. The van der Waals surface area contributed by atoms with E-state index in [1.807, 2.05) is 24.3 Å². The van der Waals surface area contributed by atoms with Crippen LogP contribution in [0.5, 0.6) is 11.5 Å². The number of ether oxygens (including phenoxy) is 2. The van der Waals surface area contributed by atoms with Gasteiger partial charge in [0.15, 0.2) is 17.1 Å². The zero-order chi connectivity index (χ0) is 25.4. The first-order valence-corrected chi connectivity index (χ1v) is 11.0. The van der Waals surface area contributed by atoms with E-state index in [2.05, 4.69) is 26.8 Å². The third kappa shape index (κ3) is 3.73. The Bertz CT molecular complexity index is 1880.